The van der Waals surface area contributed by atoms with Crippen molar-refractivity contribution in [3.63, 3.8) is 0 Å². The Hall–Kier alpha value is -2.49. The number of ether oxygens (including phenoxy) is 3. The first-order valence-electron chi connectivity index (χ1n) is 8.06. The minimum absolute atomic E-state index is 0.480. The molecule has 0 aliphatic heterocycles. The number of carbonyl (C=O) groups excluding carboxylic acids is 1. The Bertz CT molecular complexity index is 735. The van der Waals surface area contributed by atoms with Crippen LogP contribution in [0.1, 0.15) is 40.4 Å². The van der Waals surface area contributed by atoms with Gasteiger partial charge in [0, 0.05) is 5.56 Å². The Labute approximate surface area is 143 Å². The number of aldehydes is 1. The van der Waals surface area contributed by atoms with Crippen molar-refractivity contribution in [2.75, 3.05) is 13.7 Å². The van der Waals surface area contributed by atoms with E-state index in [4.69, 9.17) is 14.2 Å². The van der Waals surface area contributed by atoms with Crippen LogP contribution in [-0.4, -0.2) is 20.0 Å². The lowest BCUT2D eigenvalue weighted by atomic mass is 10.1. The van der Waals surface area contributed by atoms with E-state index in [9.17, 15) is 4.79 Å². The van der Waals surface area contributed by atoms with Crippen LogP contribution in [0.4, 0.5) is 0 Å². The molecule has 2 aromatic carbocycles. The van der Waals surface area contributed by atoms with Crippen molar-refractivity contribution in [1.29, 1.82) is 0 Å². The maximum atomic E-state index is 11.2. The largest absolute Gasteiger partial charge is 0.493 e. The highest BCUT2D eigenvalue weighted by Crippen LogP contribution is 2.42. The van der Waals surface area contributed by atoms with Gasteiger partial charge in [-0.3, -0.25) is 4.79 Å². The van der Waals surface area contributed by atoms with E-state index in [1.807, 2.05) is 33.8 Å². The van der Waals surface area contributed by atoms with Crippen LogP contribution in [0.25, 0.3) is 0 Å². The highest BCUT2D eigenvalue weighted by molar-refractivity contribution is 5.78. The predicted octanol–water partition coefficient (Wildman–Crippen LogP) is 5.01. The molecule has 2 aromatic rings. The fraction of sp³-hybridized carbons (Fsp3) is 0.350. The van der Waals surface area contributed by atoms with Gasteiger partial charge in [-0.25, -0.2) is 0 Å². The molecule has 0 saturated heterocycles. The van der Waals surface area contributed by atoms with Gasteiger partial charge in [0.2, 0.25) is 5.75 Å². The Kier molecular flexibility index (Phi) is 5.85. The summed E-state index contributed by atoms with van der Waals surface area (Å²) in [6.45, 7) is 8.62. The van der Waals surface area contributed by atoms with Gasteiger partial charge < -0.3 is 14.2 Å². The number of hydrogen-bond acceptors (Lipinski definition) is 4. The maximum Gasteiger partial charge on any atom is 0.204 e. The smallest absolute Gasteiger partial charge is 0.204 e. The summed E-state index contributed by atoms with van der Waals surface area (Å²) in [5.74, 6) is 2.28. The normalized spacial score (nSPS) is 10.4. The number of rotatable bonds is 7. The second-order valence-corrected chi connectivity index (χ2v) is 5.77. The number of methoxy groups -OCH3 is 1. The first-order chi connectivity index (χ1) is 11.5. The number of carbonyl (C=O) groups is 1. The number of benzene rings is 2. The van der Waals surface area contributed by atoms with E-state index < -0.39 is 0 Å². The minimum atomic E-state index is 0.480. The van der Waals surface area contributed by atoms with Gasteiger partial charge in [0.15, 0.2) is 11.5 Å². The average molecular weight is 328 g/mol. The molecular weight excluding hydrogens is 304 g/mol. The van der Waals surface area contributed by atoms with Crippen LogP contribution in [0.3, 0.4) is 0 Å². The summed E-state index contributed by atoms with van der Waals surface area (Å²) >= 11 is 0. The quantitative estimate of drug-likeness (QED) is 0.670. The van der Waals surface area contributed by atoms with E-state index in [1.165, 1.54) is 0 Å². The topological polar surface area (TPSA) is 44.8 Å². The van der Waals surface area contributed by atoms with Crippen molar-refractivity contribution < 1.29 is 19.0 Å². The number of aryl methyl sites for hydroxylation is 2. The molecule has 24 heavy (non-hydrogen) atoms. The van der Waals surface area contributed by atoms with Gasteiger partial charge in [-0.1, -0.05) is 19.1 Å². The zero-order valence-corrected chi connectivity index (χ0v) is 14.9. The van der Waals surface area contributed by atoms with Crippen molar-refractivity contribution in [3.8, 4) is 23.0 Å². The lowest BCUT2D eigenvalue weighted by Gasteiger charge is -2.18. The zero-order chi connectivity index (χ0) is 17.7. The summed E-state index contributed by atoms with van der Waals surface area (Å²) in [4.78, 5) is 11.2. The molecule has 128 valence electrons. The van der Waals surface area contributed by atoms with E-state index >= 15 is 0 Å². The predicted molar refractivity (Wildman–Crippen MR) is 94.9 cm³/mol. The van der Waals surface area contributed by atoms with Gasteiger partial charge in [-0.15, -0.1) is 0 Å². The standard InChI is InChI=1S/C20H24O4/c1-6-9-23-20-17(22-5)10-16(12-21)11-18(20)24-19-14(3)8-7-13(2)15(19)4/h7-8,10-12H,6,9H2,1-5H3. The first-order valence-corrected chi connectivity index (χ1v) is 8.06. The van der Waals surface area contributed by atoms with E-state index in [0.29, 0.717) is 29.4 Å². The Morgan fingerprint density at radius 1 is 1.00 bits per heavy atom. The summed E-state index contributed by atoms with van der Waals surface area (Å²) in [5.41, 5.74) is 3.71. The molecular formula is C20H24O4. The van der Waals surface area contributed by atoms with Crippen molar-refractivity contribution >= 4 is 6.29 Å². The van der Waals surface area contributed by atoms with Crippen molar-refractivity contribution in [1.82, 2.24) is 0 Å². The van der Waals surface area contributed by atoms with E-state index in [-0.39, 0.29) is 0 Å². The molecule has 0 N–H and O–H groups in total. The van der Waals surface area contributed by atoms with Gasteiger partial charge in [0.25, 0.3) is 0 Å². The summed E-state index contributed by atoms with van der Waals surface area (Å²) < 4.78 is 17.4. The van der Waals surface area contributed by atoms with E-state index in [1.54, 1.807) is 19.2 Å². The van der Waals surface area contributed by atoms with Gasteiger partial charge in [-0.2, -0.15) is 0 Å². The van der Waals surface area contributed by atoms with Crippen molar-refractivity contribution in [3.05, 3.63) is 46.5 Å². The molecule has 0 bridgehead atoms. The molecule has 4 nitrogen and oxygen atoms in total. The van der Waals surface area contributed by atoms with E-state index in [2.05, 4.69) is 6.07 Å². The maximum absolute atomic E-state index is 11.2. The van der Waals surface area contributed by atoms with Crippen LogP contribution >= 0.6 is 0 Å². The van der Waals surface area contributed by atoms with Gasteiger partial charge >= 0.3 is 0 Å². The van der Waals surface area contributed by atoms with Crippen LogP contribution in [0.2, 0.25) is 0 Å². The van der Waals surface area contributed by atoms with Crippen LogP contribution in [0.15, 0.2) is 24.3 Å². The SMILES string of the molecule is CCCOc1c(OC)cc(C=O)cc1Oc1c(C)ccc(C)c1C. The third kappa shape index (κ3) is 3.70. The summed E-state index contributed by atoms with van der Waals surface area (Å²) in [6.07, 6.45) is 1.63. The first kappa shape index (κ1) is 17.9. The molecule has 0 heterocycles. The van der Waals surface area contributed by atoms with Gasteiger partial charge in [0.1, 0.15) is 12.0 Å². The molecule has 2 rings (SSSR count). The molecule has 0 saturated carbocycles. The van der Waals surface area contributed by atoms with Crippen LogP contribution in [-0.2, 0) is 0 Å². The molecule has 0 aromatic heterocycles. The van der Waals surface area contributed by atoms with Crippen molar-refractivity contribution in [2.45, 2.75) is 34.1 Å². The second kappa shape index (κ2) is 7.86. The van der Waals surface area contributed by atoms with E-state index in [0.717, 1.165) is 35.1 Å². The van der Waals surface area contributed by atoms with Crippen LogP contribution in [0, 0.1) is 20.8 Å². The fourth-order valence-corrected chi connectivity index (χ4v) is 2.43. The Balaban J connectivity index is 2.55. The summed E-state index contributed by atoms with van der Waals surface area (Å²) in [7, 11) is 1.55. The second-order valence-electron chi connectivity index (χ2n) is 5.77. The highest BCUT2D eigenvalue weighted by Gasteiger charge is 2.17. The average Bonchev–Trinajstić information content (AvgIpc) is 2.60. The molecule has 0 aliphatic carbocycles. The third-order valence-electron chi connectivity index (χ3n) is 3.94. The summed E-state index contributed by atoms with van der Waals surface area (Å²) in [6, 6.07) is 7.42. The molecule has 0 unspecified atom stereocenters. The molecule has 0 radical (unpaired) electrons. The van der Waals surface area contributed by atoms with Gasteiger partial charge in [-0.05, 0) is 56.0 Å². The van der Waals surface area contributed by atoms with Crippen LogP contribution in [0.5, 0.6) is 23.0 Å². The zero-order valence-electron chi connectivity index (χ0n) is 14.9. The van der Waals surface area contributed by atoms with Gasteiger partial charge in [0.05, 0.1) is 13.7 Å². The molecule has 0 aliphatic rings. The molecule has 0 spiro atoms. The fourth-order valence-electron chi connectivity index (χ4n) is 2.43. The molecule has 0 amide bonds. The highest BCUT2D eigenvalue weighted by atomic mass is 16.5. The molecule has 0 fully saturated rings. The van der Waals surface area contributed by atoms with Crippen molar-refractivity contribution in [2.24, 2.45) is 0 Å². The molecule has 4 heteroatoms. The Morgan fingerprint density at radius 2 is 1.67 bits per heavy atom. The number of hydrogen-bond donors (Lipinski definition) is 0. The lowest BCUT2D eigenvalue weighted by molar-refractivity contribution is 0.112. The molecule has 0 atom stereocenters. The minimum Gasteiger partial charge on any atom is -0.493 e. The third-order valence-corrected chi connectivity index (χ3v) is 3.94. The monoisotopic (exact) mass is 328 g/mol. The summed E-state index contributed by atoms with van der Waals surface area (Å²) in [5, 5.41) is 0. The lowest BCUT2D eigenvalue weighted by Crippen LogP contribution is -2.02. The Morgan fingerprint density at radius 3 is 2.29 bits per heavy atom. The van der Waals surface area contributed by atoms with Crippen LogP contribution < -0.4 is 14.2 Å².